The highest BCUT2D eigenvalue weighted by Crippen LogP contribution is 2.32. The molecule has 0 fully saturated rings. The van der Waals surface area contributed by atoms with Crippen LogP contribution in [0.3, 0.4) is 0 Å². The number of ether oxygens (including phenoxy) is 2. The number of hydrogen-bond acceptors (Lipinski definition) is 7. The molecule has 2 aromatic rings. The van der Waals surface area contributed by atoms with E-state index in [4.69, 9.17) is 26.8 Å². The number of nitrogens with two attached hydrogens (primary N) is 1. The van der Waals surface area contributed by atoms with Gasteiger partial charge >= 0.3 is 0 Å². The number of nitrogens with one attached hydrogen (secondary N) is 1. The SMILES string of the molecule is COc1ncnc(NS(=O)(=O)c2ccc(N)c(Cl)c2)c1OC. The van der Waals surface area contributed by atoms with E-state index in [1.807, 2.05) is 0 Å². The minimum Gasteiger partial charge on any atom is -0.489 e. The smallest absolute Gasteiger partial charge is 0.263 e. The molecule has 2 rings (SSSR count). The number of methoxy groups -OCH3 is 2. The Labute approximate surface area is 132 Å². The number of hydrogen-bond donors (Lipinski definition) is 2. The van der Waals surface area contributed by atoms with Crippen LogP contribution >= 0.6 is 11.6 Å². The third-order valence-corrected chi connectivity index (χ3v) is 4.35. The van der Waals surface area contributed by atoms with Gasteiger partial charge in [-0.25, -0.2) is 13.4 Å². The lowest BCUT2D eigenvalue weighted by Crippen LogP contribution is -2.15. The Kier molecular flexibility index (Phi) is 4.57. The maximum atomic E-state index is 12.4. The fraction of sp³-hybridized carbons (Fsp3) is 0.167. The molecule has 8 nitrogen and oxygen atoms in total. The van der Waals surface area contributed by atoms with E-state index >= 15 is 0 Å². The van der Waals surface area contributed by atoms with Crippen LogP contribution < -0.4 is 19.9 Å². The Hall–Kier alpha value is -2.26. The van der Waals surface area contributed by atoms with E-state index in [9.17, 15) is 8.42 Å². The van der Waals surface area contributed by atoms with Gasteiger partial charge in [-0.05, 0) is 18.2 Å². The summed E-state index contributed by atoms with van der Waals surface area (Å²) >= 11 is 5.84. The molecule has 0 saturated heterocycles. The average Bonchev–Trinajstić information content (AvgIpc) is 2.49. The summed E-state index contributed by atoms with van der Waals surface area (Å²) in [5.74, 6) is 0.114. The summed E-state index contributed by atoms with van der Waals surface area (Å²) < 4.78 is 37.1. The van der Waals surface area contributed by atoms with Crippen LogP contribution in [-0.2, 0) is 10.0 Å². The summed E-state index contributed by atoms with van der Waals surface area (Å²) in [5, 5.41) is 0.134. The van der Waals surface area contributed by atoms with Gasteiger partial charge in [-0.1, -0.05) is 11.6 Å². The van der Waals surface area contributed by atoms with Crippen molar-refractivity contribution in [3.05, 3.63) is 29.5 Å². The van der Waals surface area contributed by atoms with E-state index < -0.39 is 10.0 Å². The first-order valence-electron chi connectivity index (χ1n) is 5.90. The molecule has 0 aliphatic carbocycles. The Morgan fingerprint density at radius 1 is 1.23 bits per heavy atom. The monoisotopic (exact) mass is 344 g/mol. The van der Waals surface area contributed by atoms with Gasteiger partial charge in [0.15, 0.2) is 5.82 Å². The Morgan fingerprint density at radius 2 is 1.95 bits per heavy atom. The first kappa shape index (κ1) is 16.1. The molecule has 3 N–H and O–H groups in total. The molecular weight excluding hydrogens is 332 g/mol. The Morgan fingerprint density at radius 3 is 2.55 bits per heavy atom. The third kappa shape index (κ3) is 3.15. The van der Waals surface area contributed by atoms with E-state index in [0.29, 0.717) is 0 Å². The lowest BCUT2D eigenvalue weighted by molar-refractivity contribution is 0.342. The number of anilines is 2. The second kappa shape index (κ2) is 6.24. The molecule has 118 valence electrons. The zero-order chi connectivity index (χ0) is 16.3. The van der Waals surface area contributed by atoms with Crippen LogP contribution in [0.2, 0.25) is 5.02 Å². The van der Waals surface area contributed by atoms with Gasteiger partial charge in [-0.3, -0.25) is 4.72 Å². The van der Waals surface area contributed by atoms with Crippen molar-refractivity contribution in [2.75, 3.05) is 24.7 Å². The molecule has 0 aliphatic rings. The van der Waals surface area contributed by atoms with Gasteiger partial charge in [0.2, 0.25) is 5.75 Å². The highest BCUT2D eigenvalue weighted by Gasteiger charge is 2.21. The molecule has 0 unspecified atom stereocenters. The molecule has 0 atom stereocenters. The molecule has 1 heterocycles. The van der Waals surface area contributed by atoms with Crippen molar-refractivity contribution < 1.29 is 17.9 Å². The fourth-order valence-corrected chi connectivity index (χ4v) is 2.90. The maximum Gasteiger partial charge on any atom is 0.263 e. The van der Waals surface area contributed by atoms with E-state index in [1.165, 1.54) is 32.4 Å². The van der Waals surface area contributed by atoms with Gasteiger partial charge < -0.3 is 15.2 Å². The molecule has 22 heavy (non-hydrogen) atoms. The van der Waals surface area contributed by atoms with Gasteiger partial charge in [0.05, 0.1) is 29.8 Å². The lowest BCUT2D eigenvalue weighted by atomic mass is 10.3. The summed E-state index contributed by atoms with van der Waals surface area (Å²) in [7, 11) is -1.20. The minimum absolute atomic E-state index is 0.0534. The van der Waals surface area contributed by atoms with Gasteiger partial charge in [-0.2, -0.15) is 4.98 Å². The number of rotatable bonds is 5. The van der Waals surface area contributed by atoms with Crippen molar-refractivity contribution in [3.63, 3.8) is 0 Å². The first-order valence-corrected chi connectivity index (χ1v) is 7.76. The van der Waals surface area contributed by atoms with Crippen LogP contribution in [0.25, 0.3) is 0 Å². The van der Waals surface area contributed by atoms with Crippen molar-refractivity contribution in [3.8, 4) is 11.6 Å². The molecule has 0 radical (unpaired) electrons. The van der Waals surface area contributed by atoms with Crippen LogP contribution in [0.1, 0.15) is 0 Å². The minimum atomic E-state index is -3.93. The van der Waals surface area contributed by atoms with Crippen molar-refractivity contribution in [1.82, 2.24) is 9.97 Å². The zero-order valence-corrected chi connectivity index (χ0v) is 13.3. The summed E-state index contributed by atoms with van der Waals surface area (Å²) in [6.45, 7) is 0. The van der Waals surface area contributed by atoms with Crippen LogP contribution in [0.5, 0.6) is 11.6 Å². The average molecular weight is 345 g/mol. The quantitative estimate of drug-likeness (QED) is 0.790. The van der Waals surface area contributed by atoms with Gasteiger partial charge in [0.25, 0.3) is 15.9 Å². The number of benzene rings is 1. The number of nitrogen functional groups attached to an aromatic ring is 1. The molecule has 0 bridgehead atoms. The van der Waals surface area contributed by atoms with E-state index in [2.05, 4.69) is 14.7 Å². The number of aromatic nitrogens is 2. The van der Waals surface area contributed by atoms with Crippen LogP contribution in [0.15, 0.2) is 29.4 Å². The summed E-state index contributed by atoms with van der Waals surface area (Å²) in [5.41, 5.74) is 5.84. The molecule has 0 saturated carbocycles. The maximum absolute atomic E-state index is 12.4. The summed E-state index contributed by atoms with van der Waals surface area (Å²) in [6, 6.07) is 3.97. The Bertz CT molecular complexity index is 798. The lowest BCUT2D eigenvalue weighted by Gasteiger charge is -2.12. The number of halogens is 1. The van der Waals surface area contributed by atoms with Crippen molar-refractivity contribution >= 4 is 33.1 Å². The number of nitrogens with zero attached hydrogens (tertiary/aromatic N) is 2. The zero-order valence-electron chi connectivity index (χ0n) is 11.7. The van der Waals surface area contributed by atoms with Gasteiger partial charge in [-0.15, -0.1) is 0 Å². The van der Waals surface area contributed by atoms with Crippen molar-refractivity contribution in [2.24, 2.45) is 0 Å². The standard InChI is InChI=1S/C12H13ClN4O4S/c1-20-10-11(15-6-16-12(10)21-2)17-22(18,19)7-3-4-9(14)8(13)5-7/h3-6H,14H2,1-2H3,(H,15,16,17). The molecular formula is C12H13ClN4O4S. The second-order valence-corrected chi connectivity index (χ2v) is 6.14. The highest BCUT2D eigenvalue weighted by molar-refractivity contribution is 7.92. The highest BCUT2D eigenvalue weighted by atomic mass is 35.5. The summed E-state index contributed by atoms with van der Waals surface area (Å²) in [6.07, 6.45) is 1.15. The Balaban J connectivity index is 2.43. The van der Waals surface area contributed by atoms with Crippen LogP contribution in [-0.4, -0.2) is 32.6 Å². The van der Waals surface area contributed by atoms with Gasteiger partial charge in [0.1, 0.15) is 6.33 Å². The van der Waals surface area contributed by atoms with E-state index in [-0.39, 0.29) is 33.1 Å². The van der Waals surface area contributed by atoms with Gasteiger partial charge in [0, 0.05) is 0 Å². The van der Waals surface area contributed by atoms with Crippen molar-refractivity contribution in [2.45, 2.75) is 4.90 Å². The molecule has 10 heteroatoms. The molecule has 1 aromatic carbocycles. The third-order valence-electron chi connectivity index (χ3n) is 2.68. The van der Waals surface area contributed by atoms with Crippen LogP contribution in [0.4, 0.5) is 11.5 Å². The largest absolute Gasteiger partial charge is 0.489 e. The molecule has 0 amide bonds. The fourth-order valence-electron chi connectivity index (χ4n) is 1.62. The van der Waals surface area contributed by atoms with E-state index in [0.717, 1.165) is 6.33 Å². The normalized spacial score (nSPS) is 11.0. The topological polar surface area (TPSA) is 116 Å². The predicted molar refractivity (Wildman–Crippen MR) is 81.8 cm³/mol. The van der Waals surface area contributed by atoms with Crippen molar-refractivity contribution in [1.29, 1.82) is 0 Å². The molecule has 0 spiro atoms. The molecule has 0 aliphatic heterocycles. The summed E-state index contributed by atoms with van der Waals surface area (Å²) in [4.78, 5) is 7.61. The first-order chi connectivity index (χ1) is 10.4. The second-order valence-electron chi connectivity index (χ2n) is 4.05. The van der Waals surface area contributed by atoms with Crippen LogP contribution in [0, 0.1) is 0 Å². The van der Waals surface area contributed by atoms with E-state index in [1.54, 1.807) is 0 Å². The molecule has 1 aromatic heterocycles. The number of sulfonamides is 1. The predicted octanol–water partition coefficient (Wildman–Crippen LogP) is 1.53.